The highest BCUT2D eigenvalue weighted by atomic mass is 16.7. The second kappa shape index (κ2) is 6.79. The van der Waals surface area contributed by atoms with Gasteiger partial charge in [0.1, 0.15) is 42.7 Å². The van der Waals surface area contributed by atoms with Crippen molar-refractivity contribution in [1.82, 2.24) is 0 Å². The van der Waals surface area contributed by atoms with Crippen molar-refractivity contribution in [2.24, 2.45) is 0 Å². The van der Waals surface area contributed by atoms with Gasteiger partial charge in [-0.1, -0.05) is 0 Å². The molecule has 0 aromatic heterocycles. The Bertz CT molecular complexity index is 339. The quantitative estimate of drug-likeness (QED) is 0.267. The summed E-state index contributed by atoms with van der Waals surface area (Å²) in [7, 11) is 0. The zero-order valence-corrected chi connectivity index (χ0v) is 11.0. The average molecular weight is 312 g/mol. The molecule has 7 N–H and O–H groups in total. The van der Waals surface area contributed by atoms with Gasteiger partial charge in [0.25, 0.3) is 0 Å². The number of rotatable bonds is 4. The molecule has 0 radical (unpaired) electrons. The lowest BCUT2D eigenvalue weighted by Gasteiger charge is -2.40. The van der Waals surface area contributed by atoms with Crippen LogP contribution in [-0.2, 0) is 14.2 Å². The minimum Gasteiger partial charge on any atom is -0.394 e. The third-order valence-electron chi connectivity index (χ3n) is 3.63. The predicted octanol–water partition coefficient (Wildman–Crippen LogP) is -4.76. The molecule has 0 spiro atoms. The van der Waals surface area contributed by atoms with Gasteiger partial charge in [0.15, 0.2) is 12.6 Å². The number of aliphatic hydroxyl groups excluding tert-OH is 7. The molecule has 2 saturated heterocycles. The van der Waals surface area contributed by atoms with E-state index in [1.54, 1.807) is 0 Å². The van der Waals surface area contributed by atoms with Crippen LogP contribution in [0.3, 0.4) is 0 Å². The highest BCUT2D eigenvalue weighted by Gasteiger charge is 2.49. The van der Waals surface area contributed by atoms with E-state index in [2.05, 4.69) is 0 Å². The van der Waals surface area contributed by atoms with Crippen LogP contribution in [0.15, 0.2) is 0 Å². The Kier molecular flexibility index (Phi) is 5.48. The lowest BCUT2D eigenvalue weighted by Crippen LogP contribution is -2.60. The Labute approximate surface area is 119 Å². The first-order valence-electron chi connectivity index (χ1n) is 6.49. The summed E-state index contributed by atoms with van der Waals surface area (Å²) in [5.74, 6) is 0. The molecule has 2 fully saturated rings. The van der Waals surface area contributed by atoms with E-state index in [4.69, 9.17) is 24.4 Å². The number of hydrogen-bond donors (Lipinski definition) is 7. The van der Waals surface area contributed by atoms with E-state index in [1.165, 1.54) is 0 Å². The monoisotopic (exact) mass is 312 g/mol. The fraction of sp³-hybridized carbons (Fsp3) is 1.00. The normalized spacial score (nSPS) is 51.3. The maximum atomic E-state index is 9.81. The van der Waals surface area contributed by atoms with E-state index >= 15 is 0 Å². The molecule has 10 heteroatoms. The van der Waals surface area contributed by atoms with Crippen molar-refractivity contribution in [3.05, 3.63) is 0 Å². The van der Waals surface area contributed by atoms with Gasteiger partial charge in [-0.25, -0.2) is 0 Å². The van der Waals surface area contributed by atoms with Crippen molar-refractivity contribution in [3.63, 3.8) is 0 Å². The summed E-state index contributed by atoms with van der Waals surface area (Å²) < 4.78 is 15.1. The molecule has 124 valence electrons. The van der Waals surface area contributed by atoms with E-state index in [0.717, 1.165) is 0 Å². The molecule has 0 aromatic rings. The topological polar surface area (TPSA) is 169 Å². The van der Waals surface area contributed by atoms with Crippen LogP contribution in [0.4, 0.5) is 0 Å². The molecule has 9 atom stereocenters. The van der Waals surface area contributed by atoms with Crippen LogP contribution in [-0.4, -0.2) is 104 Å². The lowest BCUT2D eigenvalue weighted by molar-refractivity contribution is -0.324. The van der Waals surface area contributed by atoms with Crippen molar-refractivity contribution in [2.75, 3.05) is 13.2 Å². The smallest absolute Gasteiger partial charge is 0.187 e. The highest BCUT2D eigenvalue weighted by Crippen LogP contribution is 2.28. The van der Waals surface area contributed by atoms with Crippen molar-refractivity contribution >= 4 is 0 Å². The number of hydrogen-bond acceptors (Lipinski definition) is 10. The van der Waals surface area contributed by atoms with Crippen molar-refractivity contribution in [1.29, 1.82) is 0 Å². The van der Waals surface area contributed by atoms with Crippen LogP contribution >= 0.6 is 0 Å². The molecular weight excluding hydrogens is 292 g/mol. The van der Waals surface area contributed by atoms with Crippen molar-refractivity contribution in [2.45, 2.75) is 55.3 Å². The van der Waals surface area contributed by atoms with E-state index in [0.29, 0.717) is 0 Å². The van der Waals surface area contributed by atoms with Crippen LogP contribution in [0.25, 0.3) is 0 Å². The molecule has 0 aliphatic carbocycles. The second-order valence-electron chi connectivity index (χ2n) is 5.04. The molecule has 0 saturated carbocycles. The SMILES string of the molecule is OC[C@H]1OC(O[C@@H]2C(O)O[C@H](CO)[C@H]2O)[C@@H](O)[C@@H](O)[C@@H]1O. The van der Waals surface area contributed by atoms with E-state index < -0.39 is 68.5 Å². The van der Waals surface area contributed by atoms with Crippen LogP contribution < -0.4 is 0 Å². The van der Waals surface area contributed by atoms with Crippen LogP contribution in [0.2, 0.25) is 0 Å². The number of aliphatic hydroxyl groups is 7. The first-order valence-corrected chi connectivity index (χ1v) is 6.49. The van der Waals surface area contributed by atoms with Gasteiger partial charge < -0.3 is 50.0 Å². The maximum Gasteiger partial charge on any atom is 0.187 e. The molecule has 0 bridgehead atoms. The molecule has 2 aliphatic heterocycles. The Morgan fingerprint density at radius 2 is 1.29 bits per heavy atom. The average Bonchev–Trinajstić information content (AvgIpc) is 2.74. The third kappa shape index (κ3) is 3.19. The largest absolute Gasteiger partial charge is 0.394 e. The molecule has 10 nitrogen and oxygen atoms in total. The highest BCUT2D eigenvalue weighted by molar-refractivity contribution is 4.92. The Hall–Kier alpha value is -0.400. The Balaban J connectivity index is 2.04. The van der Waals surface area contributed by atoms with Crippen LogP contribution in [0.1, 0.15) is 0 Å². The first kappa shape index (κ1) is 17.0. The van der Waals surface area contributed by atoms with Gasteiger partial charge in [-0.2, -0.15) is 0 Å². The summed E-state index contributed by atoms with van der Waals surface area (Å²) in [5.41, 5.74) is 0. The molecule has 0 aromatic carbocycles. The van der Waals surface area contributed by atoms with Crippen molar-refractivity contribution < 1.29 is 50.0 Å². The van der Waals surface area contributed by atoms with E-state index in [1.807, 2.05) is 0 Å². The minimum absolute atomic E-state index is 0.549. The Morgan fingerprint density at radius 1 is 0.714 bits per heavy atom. The summed E-state index contributed by atoms with van der Waals surface area (Å²) in [6.45, 7) is -1.18. The van der Waals surface area contributed by atoms with Crippen LogP contribution in [0, 0.1) is 0 Å². The van der Waals surface area contributed by atoms with Crippen LogP contribution in [0.5, 0.6) is 0 Å². The molecule has 2 heterocycles. The molecule has 0 amide bonds. The zero-order valence-electron chi connectivity index (χ0n) is 11.0. The minimum atomic E-state index is -1.66. The molecule has 2 rings (SSSR count). The van der Waals surface area contributed by atoms with Crippen molar-refractivity contribution in [3.8, 4) is 0 Å². The summed E-state index contributed by atoms with van der Waals surface area (Å²) in [6.07, 6.45) is -12.8. The van der Waals surface area contributed by atoms with Gasteiger partial charge in [-0.05, 0) is 0 Å². The second-order valence-corrected chi connectivity index (χ2v) is 5.04. The van der Waals surface area contributed by atoms with Gasteiger partial charge in [0.2, 0.25) is 0 Å². The number of ether oxygens (including phenoxy) is 3. The van der Waals surface area contributed by atoms with E-state index in [9.17, 15) is 25.5 Å². The third-order valence-corrected chi connectivity index (χ3v) is 3.63. The summed E-state index contributed by atoms with van der Waals surface area (Å²) in [5, 5.41) is 66.4. The molecule has 2 aliphatic rings. The summed E-state index contributed by atoms with van der Waals surface area (Å²) >= 11 is 0. The predicted molar refractivity (Wildman–Crippen MR) is 62.6 cm³/mol. The summed E-state index contributed by atoms with van der Waals surface area (Å²) in [6, 6.07) is 0. The maximum absolute atomic E-state index is 9.81. The van der Waals surface area contributed by atoms with Gasteiger partial charge in [0.05, 0.1) is 13.2 Å². The summed E-state index contributed by atoms with van der Waals surface area (Å²) in [4.78, 5) is 0. The van der Waals surface area contributed by atoms with Gasteiger partial charge in [-0.3, -0.25) is 0 Å². The van der Waals surface area contributed by atoms with Gasteiger partial charge in [-0.15, -0.1) is 0 Å². The van der Waals surface area contributed by atoms with E-state index in [-0.39, 0.29) is 0 Å². The zero-order chi connectivity index (χ0) is 15.7. The first-order chi connectivity index (χ1) is 9.90. The van der Waals surface area contributed by atoms with Gasteiger partial charge >= 0.3 is 0 Å². The standard InChI is InChI=1S/C11H20O10/c12-1-3-5(14)7(16)8(17)11(20-3)21-9-6(15)4(2-13)19-10(9)18/h3-18H,1-2H2/t3-,4-,5-,6-,7+,8+,9+,10?,11?/m1/s1. The lowest BCUT2D eigenvalue weighted by atomic mass is 9.99. The molecule has 21 heavy (non-hydrogen) atoms. The Morgan fingerprint density at radius 3 is 1.81 bits per heavy atom. The fourth-order valence-electron chi connectivity index (χ4n) is 2.35. The van der Waals surface area contributed by atoms with Gasteiger partial charge in [0, 0.05) is 0 Å². The molecule has 2 unspecified atom stereocenters. The molecular formula is C11H20O10. The fourth-order valence-corrected chi connectivity index (χ4v) is 2.35.